The fourth-order valence-corrected chi connectivity index (χ4v) is 5.15. The maximum Gasteiger partial charge on any atom is 0.256 e. The molecule has 3 aromatic carbocycles. The summed E-state index contributed by atoms with van der Waals surface area (Å²) in [6.45, 7) is 4.77. The van der Waals surface area contributed by atoms with E-state index in [1.54, 1.807) is 0 Å². The van der Waals surface area contributed by atoms with Crippen molar-refractivity contribution >= 4 is 30.7 Å². The van der Waals surface area contributed by atoms with Crippen LogP contribution >= 0.6 is 24.8 Å². The Labute approximate surface area is 231 Å². The van der Waals surface area contributed by atoms with E-state index in [2.05, 4.69) is 70.2 Å². The lowest BCUT2D eigenvalue weighted by Crippen LogP contribution is -2.54. The second-order valence-corrected chi connectivity index (χ2v) is 9.13. The summed E-state index contributed by atoms with van der Waals surface area (Å²) in [5.41, 5.74) is 13.1. The van der Waals surface area contributed by atoms with Gasteiger partial charge in [0.2, 0.25) is 0 Å². The van der Waals surface area contributed by atoms with E-state index in [0.29, 0.717) is 13.1 Å². The number of rotatable bonds is 6. The molecule has 1 aromatic heterocycles. The third kappa shape index (κ3) is 5.91. The molecule has 1 atom stereocenters. The number of nitrogens with one attached hydrogen (secondary N) is 1. The predicted octanol–water partition coefficient (Wildman–Crippen LogP) is 5.41. The summed E-state index contributed by atoms with van der Waals surface area (Å²) in [5.74, 6) is 0.0818. The van der Waals surface area contributed by atoms with Gasteiger partial charge in [0.25, 0.3) is 5.91 Å². The number of carbonyl (C=O) groups excluding carboxylic acids is 1. The third-order valence-corrected chi connectivity index (χ3v) is 6.84. The fourth-order valence-electron chi connectivity index (χ4n) is 5.15. The first-order valence-electron chi connectivity index (χ1n) is 12.3. The van der Waals surface area contributed by atoms with Gasteiger partial charge in [-0.15, -0.1) is 24.8 Å². The van der Waals surface area contributed by atoms with Gasteiger partial charge < -0.3 is 20.5 Å². The number of hydrogen-bond acceptors (Lipinski definition) is 3. The Morgan fingerprint density at radius 2 is 1.59 bits per heavy atom. The monoisotopic (exact) mass is 536 g/mol. The number of benzene rings is 3. The topological polar surface area (TPSA) is 63.3 Å². The molecule has 194 valence electrons. The predicted molar refractivity (Wildman–Crippen MR) is 156 cm³/mol. The number of carbonyl (C=O) groups is 1. The Kier molecular flexibility index (Phi) is 9.95. The number of hydrogen-bond donors (Lipinski definition) is 2. The van der Waals surface area contributed by atoms with Crippen molar-refractivity contribution in [1.29, 1.82) is 0 Å². The molecule has 1 amide bonds. The van der Waals surface area contributed by atoms with Gasteiger partial charge in [0.15, 0.2) is 0 Å². The third-order valence-electron chi connectivity index (χ3n) is 6.84. The van der Waals surface area contributed by atoms with Gasteiger partial charge >= 0.3 is 0 Å². The van der Waals surface area contributed by atoms with E-state index in [1.165, 1.54) is 5.56 Å². The van der Waals surface area contributed by atoms with Crippen molar-refractivity contribution < 1.29 is 4.79 Å². The fraction of sp³-hybridized carbons (Fsp3) is 0.233. The molecule has 5 rings (SSSR count). The van der Waals surface area contributed by atoms with Gasteiger partial charge in [-0.2, -0.15) is 0 Å². The van der Waals surface area contributed by atoms with Gasteiger partial charge in [0.1, 0.15) is 0 Å². The number of nitrogens with two attached hydrogens (primary N) is 1. The summed E-state index contributed by atoms with van der Waals surface area (Å²) in [7, 11) is 0. The lowest BCUT2D eigenvalue weighted by atomic mass is 10.0. The number of aryl methyl sites for hydroxylation is 1. The van der Waals surface area contributed by atoms with E-state index in [1.807, 2.05) is 42.5 Å². The van der Waals surface area contributed by atoms with Crippen LogP contribution in [0.4, 0.5) is 0 Å². The standard InChI is InChI=1S/C30H32N4O.2ClH/c1-22-18-27(30(35)33-17-16-32-21-26(33)19-23-10-4-2-5-11-23)29(24-12-6-3-7-13-24)34(22)28-15-9-8-14-25(28)20-31;;/h2-15,18,26,32H,16-17,19-21,31H2,1H3;2*1H/t26-;;/m1../s1. The molecule has 4 aromatic rings. The smallest absolute Gasteiger partial charge is 0.256 e. The Morgan fingerprint density at radius 1 is 0.946 bits per heavy atom. The largest absolute Gasteiger partial charge is 0.333 e. The first-order valence-corrected chi connectivity index (χ1v) is 12.3. The van der Waals surface area contributed by atoms with E-state index >= 15 is 0 Å². The van der Waals surface area contributed by atoms with Gasteiger partial charge in [0, 0.05) is 37.9 Å². The SMILES string of the molecule is Cc1cc(C(=O)N2CCNC[C@H]2Cc2ccccc2)c(-c2ccccc2)n1-c1ccccc1CN.Cl.Cl. The Hall–Kier alpha value is -3.09. The van der Waals surface area contributed by atoms with E-state index in [4.69, 9.17) is 5.73 Å². The second-order valence-electron chi connectivity index (χ2n) is 9.13. The molecule has 1 aliphatic rings. The van der Waals surface area contributed by atoms with Crippen LogP contribution in [0.3, 0.4) is 0 Å². The highest BCUT2D eigenvalue weighted by molar-refractivity contribution is 6.01. The molecule has 0 saturated carbocycles. The zero-order valence-electron chi connectivity index (χ0n) is 21.0. The van der Waals surface area contributed by atoms with Crippen LogP contribution in [0.1, 0.15) is 27.2 Å². The first-order chi connectivity index (χ1) is 17.2. The summed E-state index contributed by atoms with van der Waals surface area (Å²) in [6.07, 6.45) is 0.829. The van der Waals surface area contributed by atoms with Crippen LogP contribution < -0.4 is 11.1 Å². The van der Waals surface area contributed by atoms with Gasteiger partial charge in [-0.3, -0.25) is 4.79 Å². The van der Waals surface area contributed by atoms with Crippen LogP contribution in [-0.2, 0) is 13.0 Å². The van der Waals surface area contributed by atoms with Crippen LogP contribution in [0, 0.1) is 6.92 Å². The summed E-state index contributed by atoms with van der Waals surface area (Å²) >= 11 is 0. The number of para-hydroxylation sites is 1. The number of amides is 1. The van der Waals surface area contributed by atoms with Crippen molar-refractivity contribution in [3.8, 4) is 16.9 Å². The normalized spacial score (nSPS) is 15.0. The Balaban J connectivity index is 0.00000190. The highest BCUT2D eigenvalue weighted by Crippen LogP contribution is 2.33. The summed E-state index contributed by atoms with van der Waals surface area (Å²) in [5, 5.41) is 3.48. The van der Waals surface area contributed by atoms with Crippen molar-refractivity contribution in [2.24, 2.45) is 5.73 Å². The molecule has 37 heavy (non-hydrogen) atoms. The van der Waals surface area contributed by atoms with Gasteiger partial charge in [-0.05, 0) is 42.2 Å². The van der Waals surface area contributed by atoms with Crippen LogP contribution in [0.2, 0.25) is 0 Å². The van der Waals surface area contributed by atoms with Crippen molar-refractivity contribution in [3.05, 3.63) is 113 Å². The second kappa shape index (κ2) is 12.9. The van der Waals surface area contributed by atoms with Crippen molar-refractivity contribution in [3.63, 3.8) is 0 Å². The van der Waals surface area contributed by atoms with Gasteiger partial charge in [-0.25, -0.2) is 0 Å². The molecule has 5 nitrogen and oxygen atoms in total. The van der Waals surface area contributed by atoms with Crippen molar-refractivity contribution in [2.75, 3.05) is 19.6 Å². The number of halogens is 2. The zero-order chi connectivity index (χ0) is 24.2. The van der Waals surface area contributed by atoms with Crippen LogP contribution in [0.15, 0.2) is 91.0 Å². The quantitative estimate of drug-likeness (QED) is 0.346. The minimum atomic E-state index is 0. The lowest BCUT2D eigenvalue weighted by molar-refractivity contribution is 0.0637. The lowest BCUT2D eigenvalue weighted by Gasteiger charge is -2.36. The minimum Gasteiger partial charge on any atom is -0.333 e. The van der Waals surface area contributed by atoms with Gasteiger partial charge in [0.05, 0.1) is 16.9 Å². The average molecular weight is 538 g/mol. The maximum atomic E-state index is 14.2. The zero-order valence-corrected chi connectivity index (χ0v) is 22.6. The molecule has 2 heterocycles. The number of aromatic nitrogens is 1. The summed E-state index contributed by atoms with van der Waals surface area (Å²) in [4.78, 5) is 16.3. The molecule has 0 bridgehead atoms. The van der Waals surface area contributed by atoms with Crippen LogP contribution in [-0.4, -0.2) is 41.1 Å². The Bertz CT molecular complexity index is 1310. The van der Waals surface area contributed by atoms with E-state index in [9.17, 15) is 4.79 Å². The molecule has 1 saturated heterocycles. The maximum absolute atomic E-state index is 14.2. The molecular formula is C30H34Cl2N4O. The van der Waals surface area contributed by atoms with Crippen molar-refractivity contribution in [1.82, 2.24) is 14.8 Å². The van der Waals surface area contributed by atoms with E-state index < -0.39 is 0 Å². The molecule has 0 spiro atoms. The van der Waals surface area contributed by atoms with E-state index in [-0.39, 0.29) is 36.8 Å². The molecular weight excluding hydrogens is 503 g/mol. The average Bonchev–Trinajstić information content (AvgIpc) is 3.26. The highest BCUT2D eigenvalue weighted by atomic mass is 35.5. The number of piperazine rings is 1. The first kappa shape index (κ1) is 28.5. The molecule has 0 radical (unpaired) electrons. The molecule has 7 heteroatoms. The van der Waals surface area contributed by atoms with Crippen molar-refractivity contribution in [2.45, 2.75) is 25.9 Å². The summed E-state index contributed by atoms with van der Waals surface area (Å²) < 4.78 is 2.19. The molecule has 1 aliphatic heterocycles. The molecule has 1 fully saturated rings. The molecule has 0 aliphatic carbocycles. The highest BCUT2D eigenvalue weighted by Gasteiger charge is 2.31. The van der Waals surface area contributed by atoms with E-state index in [0.717, 1.165) is 53.3 Å². The van der Waals surface area contributed by atoms with Crippen LogP contribution in [0.25, 0.3) is 16.9 Å². The molecule has 3 N–H and O–H groups in total. The Morgan fingerprint density at radius 3 is 2.30 bits per heavy atom. The number of nitrogens with zero attached hydrogens (tertiary/aromatic N) is 2. The summed E-state index contributed by atoms with van der Waals surface area (Å²) in [6, 6.07) is 30.9. The molecule has 0 unspecified atom stereocenters. The van der Waals surface area contributed by atoms with Crippen LogP contribution in [0.5, 0.6) is 0 Å². The minimum absolute atomic E-state index is 0. The van der Waals surface area contributed by atoms with Gasteiger partial charge in [-0.1, -0.05) is 78.9 Å².